The summed E-state index contributed by atoms with van der Waals surface area (Å²) in [6, 6.07) is 17.4. The Balaban J connectivity index is 1.89. The summed E-state index contributed by atoms with van der Waals surface area (Å²) >= 11 is 1.51. The van der Waals surface area contributed by atoms with Crippen molar-refractivity contribution in [3.8, 4) is 16.3 Å². The molecule has 3 rings (SSSR count). The molecule has 0 radical (unpaired) electrons. The van der Waals surface area contributed by atoms with Gasteiger partial charge in [0.25, 0.3) is 0 Å². The van der Waals surface area contributed by atoms with Gasteiger partial charge in [0.2, 0.25) is 0 Å². The summed E-state index contributed by atoms with van der Waals surface area (Å²) in [6.45, 7) is 0. The number of nitrogens with zero attached hydrogens (tertiary/aromatic N) is 2. The minimum atomic E-state index is -0.247. The Kier molecular flexibility index (Phi) is 3.94. The minimum Gasteiger partial charge on any atom is -0.497 e. The van der Waals surface area contributed by atoms with E-state index in [1.807, 2.05) is 54.6 Å². The fraction of sp³-hybridized carbons (Fsp3) is 0.125. The molecule has 1 atom stereocenters. The van der Waals surface area contributed by atoms with Gasteiger partial charge < -0.3 is 10.5 Å². The van der Waals surface area contributed by atoms with Crippen LogP contribution < -0.4 is 10.5 Å². The quantitative estimate of drug-likeness (QED) is 0.803. The maximum Gasteiger partial charge on any atom is 0.148 e. The van der Waals surface area contributed by atoms with E-state index in [2.05, 4.69) is 10.2 Å². The fourth-order valence-electron chi connectivity index (χ4n) is 2.04. The van der Waals surface area contributed by atoms with Crippen LogP contribution in [0.5, 0.6) is 5.75 Å². The normalized spacial score (nSPS) is 12.1. The van der Waals surface area contributed by atoms with Gasteiger partial charge in [-0.2, -0.15) is 0 Å². The van der Waals surface area contributed by atoms with Crippen LogP contribution in [0.1, 0.15) is 16.6 Å². The standard InChI is InChI=1S/C16H15N3OS/c1-20-13-9-5-8-12(10-13)15-18-19-16(21-15)14(17)11-6-3-2-4-7-11/h2-10,14H,17H2,1H3. The second kappa shape index (κ2) is 6.03. The van der Waals surface area contributed by atoms with Crippen LogP contribution in [0.15, 0.2) is 54.6 Å². The van der Waals surface area contributed by atoms with Gasteiger partial charge in [0.1, 0.15) is 15.8 Å². The largest absolute Gasteiger partial charge is 0.497 e. The topological polar surface area (TPSA) is 61.0 Å². The van der Waals surface area contributed by atoms with E-state index in [0.29, 0.717) is 0 Å². The lowest BCUT2D eigenvalue weighted by Gasteiger charge is -2.07. The van der Waals surface area contributed by atoms with Gasteiger partial charge in [-0.1, -0.05) is 53.8 Å². The van der Waals surface area contributed by atoms with Gasteiger partial charge in [-0.05, 0) is 17.7 Å². The van der Waals surface area contributed by atoms with Crippen molar-refractivity contribution in [2.24, 2.45) is 5.73 Å². The van der Waals surface area contributed by atoms with Crippen LogP contribution in [0.3, 0.4) is 0 Å². The van der Waals surface area contributed by atoms with Gasteiger partial charge in [-0.15, -0.1) is 10.2 Å². The molecule has 21 heavy (non-hydrogen) atoms. The number of benzene rings is 2. The summed E-state index contributed by atoms with van der Waals surface area (Å²) in [4.78, 5) is 0. The Labute approximate surface area is 127 Å². The van der Waals surface area contributed by atoms with Crippen LogP contribution in [0.25, 0.3) is 10.6 Å². The van der Waals surface area contributed by atoms with E-state index in [1.54, 1.807) is 7.11 Å². The van der Waals surface area contributed by atoms with Crippen LogP contribution in [-0.2, 0) is 0 Å². The van der Waals surface area contributed by atoms with Crippen LogP contribution >= 0.6 is 11.3 Å². The highest BCUT2D eigenvalue weighted by Gasteiger charge is 2.15. The molecule has 0 bridgehead atoms. The monoisotopic (exact) mass is 297 g/mol. The first-order valence-corrected chi connectivity index (χ1v) is 7.38. The molecule has 0 aliphatic carbocycles. The van der Waals surface area contributed by atoms with Gasteiger partial charge in [-0.3, -0.25) is 0 Å². The number of aromatic nitrogens is 2. The van der Waals surface area contributed by atoms with E-state index >= 15 is 0 Å². The third-order valence-corrected chi connectivity index (χ3v) is 4.24. The van der Waals surface area contributed by atoms with Crippen LogP contribution in [-0.4, -0.2) is 17.3 Å². The summed E-state index contributed by atoms with van der Waals surface area (Å²) in [5, 5.41) is 10.1. The predicted octanol–water partition coefficient (Wildman–Crippen LogP) is 3.26. The molecule has 2 aromatic carbocycles. The van der Waals surface area contributed by atoms with E-state index in [9.17, 15) is 0 Å². The molecule has 106 valence electrons. The summed E-state index contributed by atoms with van der Waals surface area (Å²) in [6.07, 6.45) is 0. The molecule has 1 heterocycles. The predicted molar refractivity (Wildman–Crippen MR) is 84.4 cm³/mol. The molecule has 4 nitrogen and oxygen atoms in total. The van der Waals surface area contributed by atoms with Crippen molar-refractivity contribution in [3.05, 3.63) is 65.2 Å². The molecule has 0 saturated heterocycles. The summed E-state index contributed by atoms with van der Waals surface area (Å²) < 4.78 is 5.23. The third-order valence-electron chi connectivity index (χ3n) is 3.18. The average molecular weight is 297 g/mol. The Morgan fingerprint density at radius 1 is 1.05 bits per heavy atom. The molecule has 5 heteroatoms. The van der Waals surface area contributed by atoms with Gasteiger partial charge in [-0.25, -0.2) is 0 Å². The average Bonchev–Trinajstić information content (AvgIpc) is 3.05. The highest BCUT2D eigenvalue weighted by molar-refractivity contribution is 7.14. The minimum absolute atomic E-state index is 0.247. The molecule has 0 spiro atoms. The Hall–Kier alpha value is -2.24. The first kappa shape index (κ1) is 13.7. The zero-order valence-corrected chi connectivity index (χ0v) is 12.4. The maximum absolute atomic E-state index is 6.25. The highest BCUT2D eigenvalue weighted by Crippen LogP contribution is 2.30. The molecule has 2 N–H and O–H groups in total. The number of nitrogens with two attached hydrogens (primary N) is 1. The number of rotatable bonds is 4. The Morgan fingerprint density at radius 3 is 2.62 bits per heavy atom. The Bertz CT molecular complexity index is 727. The molecule has 0 amide bonds. The Morgan fingerprint density at radius 2 is 1.86 bits per heavy atom. The summed E-state index contributed by atoms with van der Waals surface area (Å²) in [7, 11) is 1.65. The molecule has 0 aliphatic rings. The van der Waals surface area contributed by atoms with Gasteiger partial charge in [0.15, 0.2) is 0 Å². The smallest absolute Gasteiger partial charge is 0.148 e. The van der Waals surface area contributed by atoms with Crippen molar-refractivity contribution in [1.29, 1.82) is 0 Å². The van der Waals surface area contributed by atoms with Gasteiger partial charge in [0.05, 0.1) is 13.2 Å². The molecule has 0 saturated carbocycles. The van der Waals surface area contributed by atoms with Gasteiger partial charge >= 0.3 is 0 Å². The van der Waals surface area contributed by atoms with Crippen molar-refractivity contribution in [3.63, 3.8) is 0 Å². The van der Waals surface area contributed by atoms with E-state index in [1.165, 1.54) is 11.3 Å². The lowest BCUT2D eigenvalue weighted by molar-refractivity contribution is 0.415. The molecular formula is C16H15N3OS. The molecule has 1 unspecified atom stereocenters. The first-order valence-electron chi connectivity index (χ1n) is 6.56. The number of methoxy groups -OCH3 is 1. The van der Waals surface area contributed by atoms with Crippen molar-refractivity contribution in [2.75, 3.05) is 7.11 Å². The zero-order valence-electron chi connectivity index (χ0n) is 11.6. The molecule has 3 aromatic rings. The lowest BCUT2D eigenvalue weighted by Crippen LogP contribution is -2.11. The zero-order chi connectivity index (χ0) is 14.7. The first-order chi connectivity index (χ1) is 10.3. The molecule has 0 aliphatic heterocycles. The van der Waals surface area contributed by atoms with Crippen molar-refractivity contribution < 1.29 is 4.74 Å². The third kappa shape index (κ3) is 2.94. The SMILES string of the molecule is COc1cccc(-c2nnc(C(N)c3ccccc3)s2)c1. The second-order valence-corrected chi connectivity index (χ2v) is 5.57. The maximum atomic E-state index is 6.25. The van der Waals surface area contributed by atoms with Crippen LogP contribution in [0, 0.1) is 0 Å². The highest BCUT2D eigenvalue weighted by atomic mass is 32.1. The fourth-order valence-corrected chi connectivity index (χ4v) is 2.91. The van der Waals surface area contributed by atoms with Gasteiger partial charge in [0, 0.05) is 5.56 Å². The number of hydrogen-bond acceptors (Lipinski definition) is 5. The van der Waals surface area contributed by atoms with Crippen LogP contribution in [0.2, 0.25) is 0 Å². The number of ether oxygens (including phenoxy) is 1. The molecular weight excluding hydrogens is 282 g/mol. The van der Waals surface area contributed by atoms with E-state index in [-0.39, 0.29) is 6.04 Å². The van der Waals surface area contributed by atoms with E-state index in [0.717, 1.165) is 26.9 Å². The van der Waals surface area contributed by atoms with Crippen LogP contribution in [0.4, 0.5) is 0 Å². The van der Waals surface area contributed by atoms with Crippen molar-refractivity contribution >= 4 is 11.3 Å². The lowest BCUT2D eigenvalue weighted by atomic mass is 10.1. The molecule has 0 fully saturated rings. The van der Waals surface area contributed by atoms with Crippen molar-refractivity contribution in [2.45, 2.75) is 6.04 Å². The summed E-state index contributed by atoms with van der Waals surface area (Å²) in [5.41, 5.74) is 8.26. The second-order valence-electron chi connectivity index (χ2n) is 4.57. The summed E-state index contributed by atoms with van der Waals surface area (Å²) in [5.74, 6) is 0.802. The number of hydrogen-bond donors (Lipinski definition) is 1. The van der Waals surface area contributed by atoms with Crippen molar-refractivity contribution in [1.82, 2.24) is 10.2 Å². The van der Waals surface area contributed by atoms with E-state index < -0.39 is 0 Å². The molecule has 1 aromatic heterocycles. The van der Waals surface area contributed by atoms with E-state index in [4.69, 9.17) is 10.5 Å².